The van der Waals surface area contributed by atoms with Crippen molar-refractivity contribution in [2.45, 2.75) is 18.7 Å². The second-order valence-corrected chi connectivity index (χ2v) is 10.4. The van der Waals surface area contributed by atoms with Crippen LogP contribution in [0.25, 0.3) is 5.69 Å². The molecule has 0 saturated carbocycles. The molecule has 32 heavy (non-hydrogen) atoms. The summed E-state index contributed by atoms with van der Waals surface area (Å²) in [6.45, 7) is 5.03. The molecule has 1 aliphatic heterocycles. The second-order valence-electron chi connectivity index (χ2n) is 7.70. The van der Waals surface area contributed by atoms with Gasteiger partial charge in [0.1, 0.15) is 5.02 Å². The molecule has 0 amide bonds. The summed E-state index contributed by atoms with van der Waals surface area (Å²) >= 11 is 12.3. The number of hydrogen-bond acceptors (Lipinski definition) is 5. The van der Waals surface area contributed by atoms with Crippen LogP contribution in [0.15, 0.2) is 58.4 Å². The Kier molecular flexibility index (Phi) is 6.31. The normalized spacial score (nSPS) is 15.2. The van der Waals surface area contributed by atoms with E-state index in [1.807, 2.05) is 24.0 Å². The molecule has 168 valence electrons. The number of benzene rings is 2. The number of sulfonamides is 1. The van der Waals surface area contributed by atoms with Gasteiger partial charge in [-0.25, -0.2) is 8.42 Å². The number of rotatable bonds is 4. The van der Waals surface area contributed by atoms with Gasteiger partial charge in [-0.15, -0.1) is 0 Å². The summed E-state index contributed by atoms with van der Waals surface area (Å²) in [7, 11) is -3.60. The van der Waals surface area contributed by atoms with Crippen molar-refractivity contribution in [3.8, 4) is 5.69 Å². The molecule has 0 aliphatic carbocycles. The lowest BCUT2D eigenvalue weighted by atomic mass is 10.2. The topological polar surface area (TPSA) is 75.5 Å². The van der Waals surface area contributed by atoms with E-state index in [1.165, 1.54) is 15.2 Å². The fourth-order valence-electron chi connectivity index (χ4n) is 3.70. The maximum atomic E-state index is 13.2. The van der Waals surface area contributed by atoms with Gasteiger partial charge in [-0.2, -0.15) is 14.1 Å². The minimum Gasteiger partial charge on any atom is -0.366 e. The van der Waals surface area contributed by atoms with Crippen molar-refractivity contribution in [3.63, 3.8) is 0 Å². The summed E-state index contributed by atoms with van der Waals surface area (Å²) in [5, 5.41) is 4.85. The lowest BCUT2D eigenvalue weighted by molar-refractivity contribution is 0.384. The van der Waals surface area contributed by atoms with Crippen LogP contribution in [-0.4, -0.2) is 48.7 Å². The maximum absolute atomic E-state index is 13.2. The average Bonchev–Trinajstić information content (AvgIpc) is 2.78. The Morgan fingerprint density at radius 3 is 2.25 bits per heavy atom. The minimum absolute atomic E-state index is 0.0424. The van der Waals surface area contributed by atoms with Gasteiger partial charge in [0.25, 0.3) is 5.56 Å². The highest BCUT2D eigenvalue weighted by Gasteiger charge is 2.30. The number of nitrogens with zero attached hydrogens (tertiary/aromatic N) is 4. The molecule has 0 bridgehead atoms. The molecule has 1 saturated heterocycles. The van der Waals surface area contributed by atoms with Gasteiger partial charge in [0.05, 0.1) is 22.5 Å². The van der Waals surface area contributed by atoms with Gasteiger partial charge >= 0.3 is 0 Å². The number of aromatic nitrogens is 2. The van der Waals surface area contributed by atoms with E-state index in [2.05, 4.69) is 5.10 Å². The Morgan fingerprint density at radius 1 is 0.938 bits per heavy atom. The van der Waals surface area contributed by atoms with E-state index in [0.717, 1.165) is 11.1 Å². The van der Waals surface area contributed by atoms with Crippen LogP contribution >= 0.6 is 23.2 Å². The van der Waals surface area contributed by atoms with Gasteiger partial charge in [-0.1, -0.05) is 35.3 Å². The molecule has 1 aromatic heterocycles. The molecule has 1 fully saturated rings. The lowest BCUT2D eigenvalue weighted by Gasteiger charge is -2.35. The molecule has 10 heteroatoms. The monoisotopic (exact) mass is 492 g/mol. The van der Waals surface area contributed by atoms with E-state index >= 15 is 0 Å². The Balaban J connectivity index is 1.54. The number of halogens is 2. The van der Waals surface area contributed by atoms with Gasteiger partial charge in [0.2, 0.25) is 10.0 Å². The van der Waals surface area contributed by atoms with Gasteiger partial charge < -0.3 is 4.90 Å². The molecule has 4 rings (SSSR count). The van der Waals surface area contributed by atoms with Gasteiger partial charge in [-0.3, -0.25) is 4.79 Å². The van der Waals surface area contributed by atoms with E-state index in [4.69, 9.17) is 23.2 Å². The van der Waals surface area contributed by atoms with Crippen molar-refractivity contribution in [1.29, 1.82) is 0 Å². The third-order valence-electron chi connectivity index (χ3n) is 5.51. The highest BCUT2D eigenvalue weighted by Crippen LogP contribution is 2.26. The molecule has 0 spiro atoms. The first kappa shape index (κ1) is 22.8. The Hall–Kier alpha value is -2.39. The third-order valence-corrected chi connectivity index (χ3v) is 8.16. The fourth-order valence-corrected chi connectivity index (χ4v) is 5.81. The summed E-state index contributed by atoms with van der Waals surface area (Å²) in [6, 6.07) is 12.1. The van der Waals surface area contributed by atoms with Crippen LogP contribution in [0.5, 0.6) is 0 Å². The van der Waals surface area contributed by atoms with Crippen molar-refractivity contribution in [1.82, 2.24) is 14.1 Å². The summed E-state index contributed by atoms with van der Waals surface area (Å²) in [6.07, 6.45) is 1.53. The van der Waals surface area contributed by atoms with E-state index in [0.29, 0.717) is 34.4 Å². The van der Waals surface area contributed by atoms with Crippen LogP contribution in [-0.2, 0) is 10.0 Å². The smallest absolute Gasteiger partial charge is 0.292 e. The van der Waals surface area contributed by atoms with Gasteiger partial charge in [0.15, 0.2) is 0 Å². The van der Waals surface area contributed by atoms with Crippen molar-refractivity contribution < 1.29 is 8.42 Å². The molecular formula is C22H22Cl2N4O3S. The van der Waals surface area contributed by atoms with E-state index in [9.17, 15) is 13.2 Å². The molecule has 0 atom stereocenters. The average molecular weight is 493 g/mol. The Bertz CT molecular complexity index is 1320. The molecule has 1 aliphatic rings. The van der Waals surface area contributed by atoms with Crippen molar-refractivity contribution in [2.24, 2.45) is 0 Å². The zero-order valence-corrected chi connectivity index (χ0v) is 20.0. The first-order chi connectivity index (χ1) is 15.2. The molecule has 0 N–H and O–H groups in total. The number of hydrogen-bond donors (Lipinski definition) is 0. The van der Waals surface area contributed by atoms with E-state index in [1.54, 1.807) is 37.3 Å². The molecule has 0 unspecified atom stereocenters. The standard InChI is InChI=1S/C22H22Cl2N4O3S/c1-15-3-4-16(2)20(13-15)32(30,31)27-11-9-26(10-12-27)19-14-25-28(22(29)21(19)24)18-7-5-17(23)6-8-18/h3-8,13-14H,9-12H2,1-2H3. The summed E-state index contributed by atoms with van der Waals surface area (Å²) in [4.78, 5) is 15.0. The van der Waals surface area contributed by atoms with Crippen LogP contribution in [0.1, 0.15) is 11.1 Å². The maximum Gasteiger partial charge on any atom is 0.292 e. The van der Waals surface area contributed by atoms with Crippen molar-refractivity contribution in [3.05, 3.63) is 80.2 Å². The van der Waals surface area contributed by atoms with Crippen LogP contribution in [0.3, 0.4) is 0 Å². The third kappa shape index (κ3) is 4.28. The first-order valence-electron chi connectivity index (χ1n) is 10.0. The summed E-state index contributed by atoms with van der Waals surface area (Å²) in [5.74, 6) is 0. The quantitative estimate of drug-likeness (QED) is 0.555. The lowest BCUT2D eigenvalue weighted by Crippen LogP contribution is -2.49. The highest BCUT2D eigenvalue weighted by molar-refractivity contribution is 7.89. The van der Waals surface area contributed by atoms with Crippen molar-refractivity contribution in [2.75, 3.05) is 31.1 Å². The Labute approximate surface area is 196 Å². The SMILES string of the molecule is Cc1ccc(C)c(S(=O)(=O)N2CCN(c3cnn(-c4ccc(Cl)cc4)c(=O)c3Cl)CC2)c1. The minimum atomic E-state index is -3.60. The molecule has 2 heterocycles. The number of piperazine rings is 1. The zero-order valence-electron chi connectivity index (χ0n) is 17.6. The summed E-state index contributed by atoms with van der Waals surface area (Å²) in [5.41, 5.74) is 2.21. The number of aryl methyl sites for hydroxylation is 2. The number of anilines is 1. The van der Waals surface area contributed by atoms with Crippen LogP contribution in [0, 0.1) is 13.8 Å². The zero-order chi connectivity index (χ0) is 23.0. The second kappa shape index (κ2) is 8.86. The van der Waals surface area contributed by atoms with Crippen LogP contribution in [0.4, 0.5) is 5.69 Å². The van der Waals surface area contributed by atoms with Crippen LogP contribution < -0.4 is 10.5 Å². The fraction of sp³-hybridized carbons (Fsp3) is 0.273. The predicted molar refractivity (Wildman–Crippen MR) is 127 cm³/mol. The van der Waals surface area contributed by atoms with Gasteiger partial charge in [0, 0.05) is 31.2 Å². The van der Waals surface area contributed by atoms with E-state index in [-0.39, 0.29) is 18.1 Å². The first-order valence-corrected chi connectivity index (χ1v) is 12.2. The van der Waals surface area contributed by atoms with E-state index < -0.39 is 15.6 Å². The molecule has 2 aromatic carbocycles. The van der Waals surface area contributed by atoms with Crippen molar-refractivity contribution >= 4 is 38.9 Å². The predicted octanol–water partition coefficient (Wildman–Crippen LogP) is 3.67. The molecule has 7 nitrogen and oxygen atoms in total. The Morgan fingerprint density at radius 2 is 1.59 bits per heavy atom. The molecule has 3 aromatic rings. The highest BCUT2D eigenvalue weighted by atomic mass is 35.5. The molecular weight excluding hydrogens is 471 g/mol. The summed E-state index contributed by atoms with van der Waals surface area (Å²) < 4.78 is 29.0. The largest absolute Gasteiger partial charge is 0.366 e. The van der Waals surface area contributed by atoms with Gasteiger partial charge in [-0.05, 0) is 55.3 Å². The molecule has 0 radical (unpaired) electrons. The van der Waals surface area contributed by atoms with Crippen LogP contribution in [0.2, 0.25) is 10.0 Å².